The monoisotopic (exact) mass is 881 g/mol. The number of nitriles is 1. The molecule has 66 heavy (non-hydrogen) atoms. The average molecular weight is 882 g/mol. The molecule has 0 bridgehead atoms. The van der Waals surface area contributed by atoms with Gasteiger partial charge < -0.3 is 9.13 Å². The van der Waals surface area contributed by atoms with Crippen LogP contribution in [0.25, 0.3) is 99.5 Å². The molecule has 0 spiro atoms. The van der Waals surface area contributed by atoms with E-state index in [0.717, 1.165) is 24.3 Å². The van der Waals surface area contributed by atoms with Crippen LogP contribution in [-0.4, -0.2) is 9.13 Å². The molecule has 0 unspecified atom stereocenters. The fourth-order valence-corrected chi connectivity index (χ4v) is 9.12. The molecule has 3 nitrogen and oxygen atoms in total. The van der Waals surface area contributed by atoms with Crippen molar-refractivity contribution in [3.63, 3.8) is 0 Å². The second kappa shape index (κ2) is 15.3. The van der Waals surface area contributed by atoms with E-state index in [2.05, 4.69) is 6.07 Å². The van der Waals surface area contributed by atoms with Crippen molar-refractivity contribution in [1.29, 1.82) is 5.26 Å². The summed E-state index contributed by atoms with van der Waals surface area (Å²) in [6.07, 6.45) is 0. The molecule has 318 valence electrons. The van der Waals surface area contributed by atoms with Crippen LogP contribution in [0.1, 0.15) is 5.56 Å². The maximum absolute atomic E-state index is 14.6. The van der Waals surface area contributed by atoms with Gasteiger partial charge in [-0.25, -0.2) is 35.1 Å². The van der Waals surface area contributed by atoms with Crippen molar-refractivity contribution < 1.29 is 35.1 Å². The van der Waals surface area contributed by atoms with Gasteiger partial charge in [-0.1, -0.05) is 36.4 Å². The number of fused-ring (bicyclic) bond motifs is 6. The molecule has 9 aromatic carbocycles. The zero-order chi connectivity index (χ0) is 45.5. The van der Waals surface area contributed by atoms with E-state index < -0.39 is 46.5 Å². The van der Waals surface area contributed by atoms with Crippen LogP contribution in [0.15, 0.2) is 164 Å². The molecule has 11 rings (SSSR count). The van der Waals surface area contributed by atoms with Gasteiger partial charge in [0, 0.05) is 57.2 Å². The summed E-state index contributed by atoms with van der Waals surface area (Å²) < 4.78 is 120. The number of benzene rings is 9. The topological polar surface area (TPSA) is 33.6 Å². The van der Waals surface area contributed by atoms with Gasteiger partial charge in [0.15, 0.2) is 0 Å². The van der Waals surface area contributed by atoms with Crippen LogP contribution in [0, 0.1) is 57.9 Å². The molecule has 0 radical (unpaired) electrons. The largest absolute Gasteiger partial charge is 0.309 e. The minimum atomic E-state index is -0.768. The summed E-state index contributed by atoms with van der Waals surface area (Å²) in [4.78, 5) is 0. The number of nitrogens with zero attached hydrogens (tertiary/aromatic N) is 3. The van der Waals surface area contributed by atoms with Crippen molar-refractivity contribution in [2.24, 2.45) is 0 Å². The summed E-state index contributed by atoms with van der Waals surface area (Å²) in [5.74, 6) is -6.07. The molecule has 0 aliphatic rings. The number of hydrogen-bond acceptors (Lipinski definition) is 1. The minimum absolute atomic E-state index is 0.234. The predicted octanol–water partition coefficient (Wildman–Crippen LogP) is 15.5. The number of rotatable bonds is 6. The van der Waals surface area contributed by atoms with Gasteiger partial charge in [0.25, 0.3) is 0 Å². The molecule has 0 fully saturated rings. The van der Waals surface area contributed by atoms with Crippen LogP contribution in [-0.2, 0) is 0 Å². The number of hydrogen-bond donors (Lipinski definition) is 0. The molecule has 0 aliphatic heterocycles. The molecule has 2 heterocycles. The van der Waals surface area contributed by atoms with Gasteiger partial charge in [-0.15, -0.1) is 0 Å². The van der Waals surface area contributed by atoms with Gasteiger partial charge in [-0.05, 0) is 148 Å². The van der Waals surface area contributed by atoms with E-state index in [1.54, 1.807) is 84.9 Å². The van der Waals surface area contributed by atoms with Gasteiger partial charge >= 0.3 is 0 Å². The van der Waals surface area contributed by atoms with E-state index in [4.69, 9.17) is 0 Å². The predicted molar refractivity (Wildman–Crippen MR) is 241 cm³/mol. The second-order valence-electron chi connectivity index (χ2n) is 16.1. The van der Waals surface area contributed by atoms with Crippen molar-refractivity contribution in [1.82, 2.24) is 9.13 Å². The Morgan fingerprint density at radius 2 is 0.576 bits per heavy atom. The highest BCUT2D eigenvalue weighted by Gasteiger charge is 2.21. The molecule has 11 heteroatoms. The van der Waals surface area contributed by atoms with Crippen molar-refractivity contribution in [2.75, 3.05) is 0 Å². The van der Waals surface area contributed by atoms with E-state index in [9.17, 15) is 40.4 Å². The lowest BCUT2D eigenvalue weighted by Crippen LogP contribution is -2.00. The molecule has 0 atom stereocenters. The van der Waals surface area contributed by atoms with Crippen molar-refractivity contribution in [3.05, 3.63) is 216 Å². The molecule has 0 N–H and O–H groups in total. The molecular weight excluding hydrogens is 855 g/mol. The fourth-order valence-electron chi connectivity index (χ4n) is 9.12. The highest BCUT2D eigenvalue weighted by atomic mass is 19.2. The Morgan fingerprint density at radius 1 is 0.273 bits per heavy atom. The summed E-state index contributed by atoms with van der Waals surface area (Å²) in [5.41, 5.74) is 6.73. The van der Waals surface area contributed by atoms with E-state index in [-0.39, 0.29) is 16.7 Å². The fraction of sp³-hybridized carbons (Fsp3) is 0. The van der Waals surface area contributed by atoms with Crippen LogP contribution in [0.2, 0.25) is 0 Å². The Kier molecular flexibility index (Phi) is 9.37. The van der Waals surface area contributed by atoms with E-state index in [1.165, 1.54) is 48.5 Å². The highest BCUT2D eigenvalue weighted by molar-refractivity contribution is 6.13. The standard InChI is InChI=1S/C55H27F8N3/c56-38-11-34(12-39(57)23-38)30-3-7-52-50(19-30)48-5-1-32(36-15-42(60)25-43(61)16-36)21-54(48)65(52)46-9-29(28-64)10-47(27-46)66-53-8-4-31(35-13-40(58)24-41(59)14-35)20-51(53)49-6-2-33(22-55(49)66)37-17-44(62)26-45(63)18-37/h1-27H. The first-order valence-corrected chi connectivity index (χ1v) is 20.4. The zero-order valence-corrected chi connectivity index (χ0v) is 34.0. The summed E-state index contributed by atoms with van der Waals surface area (Å²) >= 11 is 0. The molecule has 0 saturated carbocycles. The highest BCUT2D eigenvalue weighted by Crippen LogP contribution is 2.41. The third kappa shape index (κ3) is 7.00. The third-order valence-electron chi connectivity index (χ3n) is 11.9. The molecule has 0 aliphatic carbocycles. The van der Waals surface area contributed by atoms with E-state index in [0.29, 0.717) is 88.4 Å². The van der Waals surface area contributed by atoms with Gasteiger partial charge in [0.1, 0.15) is 46.5 Å². The van der Waals surface area contributed by atoms with Crippen molar-refractivity contribution in [3.8, 4) is 62.0 Å². The average Bonchev–Trinajstić information content (AvgIpc) is 3.79. The Labute approximate surface area is 369 Å². The smallest absolute Gasteiger partial charge is 0.126 e. The van der Waals surface area contributed by atoms with Gasteiger partial charge in [0.05, 0.1) is 33.7 Å². The molecule has 2 aromatic heterocycles. The SMILES string of the molecule is N#Cc1cc(-n2c3ccc(-c4cc(F)cc(F)c4)cc3c3ccc(-c4cc(F)cc(F)c4)cc32)cc(-n2c3ccc(-c4cc(F)cc(F)c4)cc3c3ccc(-c4cc(F)cc(F)c4)cc32)c1. The Balaban J connectivity index is 1.19. The molecular formula is C55H27F8N3. The maximum atomic E-state index is 14.6. The Hall–Kier alpha value is -8.49. The summed E-state index contributed by atoms with van der Waals surface area (Å²) in [6.45, 7) is 0. The first-order valence-electron chi connectivity index (χ1n) is 20.4. The normalized spacial score (nSPS) is 11.6. The van der Waals surface area contributed by atoms with Gasteiger partial charge in [0.2, 0.25) is 0 Å². The summed E-state index contributed by atoms with van der Waals surface area (Å²) in [6, 6.07) is 41.5. The molecule has 0 amide bonds. The first-order chi connectivity index (χ1) is 31.8. The van der Waals surface area contributed by atoms with Crippen LogP contribution < -0.4 is 0 Å². The maximum Gasteiger partial charge on any atom is 0.126 e. The third-order valence-corrected chi connectivity index (χ3v) is 11.9. The minimum Gasteiger partial charge on any atom is -0.309 e. The van der Waals surface area contributed by atoms with E-state index in [1.807, 2.05) is 15.2 Å². The Bertz CT molecular complexity index is 3570. The lowest BCUT2D eigenvalue weighted by Gasteiger charge is -2.15. The van der Waals surface area contributed by atoms with Crippen molar-refractivity contribution in [2.45, 2.75) is 0 Å². The quantitative estimate of drug-likeness (QED) is 0.153. The Morgan fingerprint density at radius 3 is 0.894 bits per heavy atom. The van der Waals surface area contributed by atoms with Crippen LogP contribution in [0.4, 0.5) is 35.1 Å². The first kappa shape index (κ1) is 40.3. The van der Waals surface area contributed by atoms with Gasteiger partial charge in [-0.2, -0.15) is 5.26 Å². The number of halogens is 8. The molecule has 0 saturated heterocycles. The van der Waals surface area contributed by atoms with E-state index >= 15 is 0 Å². The second-order valence-corrected chi connectivity index (χ2v) is 16.1. The van der Waals surface area contributed by atoms with Crippen LogP contribution >= 0.6 is 0 Å². The van der Waals surface area contributed by atoms with Crippen LogP contribution in [0.3, 0.4) is 0 Å². The van der Waals surface area contributed by atoms with Gasteiger partial charge in [-0.3, -0.25) is 0 Å². The summed E-state index contributed by atoms with van der Waals surface area (Å²) in [7, 11) is 0. The van der Waals surface area contributed by atoms with Crippen molar-refractivity contribution >= 4 is 43.6 Å². The lowest BCUT2D eigenvalue weighted by atomic mass is 10.0. The zero-order valence-electron chi connectivity index (χ0n) is 34.0. The lowest BCUT2D eigenvalue weighted by molar-refractivity contribution is 0.583. The van der Waals surface area contributed by atoms with Crippen LogP contribution in [0.5, 0.6) is 0 Å². The number of aromatic nitrogens is 2. The molecule has 11 aromatic rings. The summed E-state index contributed by atoms with van der Waals surface area (Å²) in [5, 5.41) is 13.3.